The molecule has 0 atom stereocenters. The van der Waals surface area contributed by atoms with Crippen LogP contribution in [0.2, 0.25) is 0 Å². The fourth-order valence-electron chi connectivity index (χ4n) is 2.13. The van der Waals surface area contributed by atoms with Gasteiger partial charge in [-0.1, -0.05) is 62.2 Å². The van der Waals surface area contributed by atoms with Gasteiger partial charge in [0.15, 0.2) is 0 Å². The number of hydrogen-bond acceptors (Lipinski definition) is 2. The van der Waals surface area contributed by atoms with Gasteiger partial charge in [-0.05, 0) is 23.8 Å². The van der Waals surface area contributed by atoms with Crippen LogP contribution in [-0.2, 0) is 6.54 Å². The molecule has 2 aromatic carbocycles. The minimum atomic E-state index is 0.736. The summed E-state index contributed by atoms with van der Waals surface area (Å²) in [5.74, 6) is 0.902. The third-order valence-corrected chi connectivity index (χ3v) is 4.62. The molecular weight excluding hydrogens is 380 g/mol. The van der Waals surface area contributed by atoms with Gasteiger partial charge >= 0.3 is 0 Å². The second kappa shape index (κ2) is 5.94. The van der Waals surface area contributed by atoms with Gasteiger partial charge in [0.2, 0.25) is 0 Å². The van der Waals surface area contributed by atoms with E-state index in [-0.39, 0.29) is 0 Å². The summed E-state index contributed by atoms with van der Waals surface area (Å²) < 4.78 is 2.19. The van der Waals surface area contributed by atoms with Crippen molar-refractivity contribution in [1.82, 2.24) is 4.98 Å². The second-order valence-electron chi connectivity index (χ2n) is 4.44. The normalized spacial score (nSPS) is 10.7. The molecule has 3 aromatic rings. The zero-order chi connectivity index (χ0) is 13.9. The van der Waals surface area contributed by atoms with Crippen molar-refractivity contribution in [3.8, 4) is 0 Å². The van der Waals surface area contributed by atoms with E-state index in [2.05, 4.69) is 54.3 Å². The molecule has 0 radical (unpaired) electrons. The Morgan fingerprint density at radius 3 is 2.50 bits per heavy atom. The van der Waals surface area contributed by atoms with E-state index < -0.39 is 0 Å². The van der Waals surface area contributed by atoms with Crippen molar-refractivity contribution in [3.63, 3.8) is 0 Å². The van der Waals surface area contributed by atoms with E-state index in [1.165, 1.54) is 5.56 Å². The molecule has 0 unspecified atom stereocenters. The van der Waals surface area contributed by atoms with Crippen LogP contribution in [0.1, 0.15) is 5.56 Å². The van der Waals surface area contributed by atoms with Crippen LogP contribution in [0.4, 0.5) is 5.82 Å². The number of halogens is 2. The lowest BCUT2D eigenvalue weighted by atomic mass is 10.1. The molecule has 0 bridgehead atoms. The highest BCUT2D eigenvalue weighted by atomic mass is 79.9. The van der Waals surface area contributed by atoms with Crippen LogP contribution >= 0.6 is 31.9 Å². The largest absolute Gasteiger partial charge is 0.365 e. The van der Waals surface area contributed by atoms with Crippen LogP contribution in [0.25, 0.3) is 10.8 Å². The highest BCUT2D eigenvalue weighted by Crippen LogP contribution is 2.28. The summed E-state index contributed by atoms with van der Waals surface area (Å²) in [7, 11) is 0. The number of nitrogens with zero attached hydrogens (tertiary/aromatic N) is 1. The van der Waals surface area contributed by atoms with E-state index in [1.54, 1.807) is 0 Å². The molecule has 1 aromatic heterocycles. The molecule has 0 saturated heterocycles. The van der Waals surface area contributed by atoms with E-state index in [0.717, 1.165) is 32.1 Å². The topological polar surface area (TPSA) is 24.9 Å². The number of hydrogen-bond donors (Lipinski definition) is 1. The van der Waals surface area contributed by atoms with E-state index in [0.29, 0.717) is 0 Å². The van der Waals surface area contributed by atoms with Crippen LogP contribution in [0, 0.1) is 0 Å². The van der Waals surface area contributed by atoms with Gasteiger partial charge in [-0.2, -0.15) is 0 Å². The van der Waals surface area contributed by atoms with Gasteiger partial charge in [0.05, 0.1) is 0 Å². The number of fused-ring (bicyclic) bond motifs is 1. The lowest BCUT2D eigenvalue weighted by molar-refractivity contribution is 1.11. The van der Waals surface area contributed by atoms with Gasteiger partial charge in [-0.15, -0.1) is 0 Å². The highest BCUT2D eigenvalue weighted by Gasteiger charge is 2.05. The summed E-state index contributed by atoms with van der Waals surface area (Å²) >= 11 is 7.14. The fourth-order valence-corrected chi connectivity index (χ4v) is 3.05. The highest BCUT2D eigenvalue weighted by molar-refractivity contribution is 9.11. The molecule has 1 heterocycles. The lowest BCUT2D eigenvalue weighted by Crippen LogP contribution is -2.02. The molecular formula is C16H12Br2N2. The molecule has 4 heteroatoms. The molecule has 0 aliphatic carbocycles. The molecule has 20 heavy (non-hydrogen) atoms. The van der Waals surface area contributed by atoms with Gasteiger partial charge in [-0.25, -0.2) is 4.98 Å². The van der Waals surface area contributed by atoms with Crippen molar-refractivity contribution in [2.75, 3.05) is 5.32 Å². The summed E-state index contributed by atoms with van der Waals surface area (Å²) in [6.07, 6.45) is 1.83. The molecule has 1 N–H and O–H groups in total. The van der Waals surface area contributed by atoms with Gasteiger partial charge in [0, 0.05) is 32.5 Å². The predicted molar refractivity (Wildman–Crippen MR) is 90.9 cm³/mol. The van der Waals surface area contributed by atoms with Crippen molar-refractivity contribution in [1.29, 1.82) is 0 Å². The maximum atomic E-state index is 4.45. The smallest absolute Gasteiger partial charge is 0.134 e. The van der Waals surface area contributed by atoms with Crippen molar-refractivity contribution < 1.29 is 0 Å². The maximum Gasteiger partial charge on any atom is 0.134 e. The van der Waals surface area contributed by atoms with Gasteiger partial charge < -0.3 is 5.32 Å². The van der Waals surface area contributed by atoms with E-state index >= 15 is 0 Å². The van der Waals surface area contributed by atoms with Gasteiger partial charge in [-0.3, -0.25) is 0 Å². The number of pyridine rings is 1. The van der Waals surface area contributed by atoms with Gasteiger partial charge in [0.1, 0.15) is 5.82 Å². The van der Waals surface area contributed by atoms with Crippen molar-refractivity contribution in [3.05, 3.63) is 69.2 Å². The van der Waals surface area contributed by atoms with E-state index in [9.17, 15) is 0 Å². The summed E-state index contributed by atoms with van der Waals surface area (Å²) in [4.78, 5) is 4.45. The minimum Gasteiger partial charge on any atom is -0.365 e. The summed E-state index contributed by atoms with van der Waals surface area (Å²) in [6.45, 7) is 0.736. The number of anilines is 1. The Morgan fingerprint density at radius 1 is 0.850 bits per heavy atom. The Hall–Kier alpha value is -1.39. The standard InChI is InChI=1S/C16H12Br2N2/c17-14-6-2-1-4-11(14)10-20-16-13-5-3-7-15(18)12(13)8-9-19-16/h1-9H,10H2,(H,19,20). The Labute approximate surface area is 134 Å². The van der Waals surface area contributed by atoms with Crippen LogP contribution < -0.4 is 5.32 Å². The average molecular weight is 392 g/mol. The predicted octanol–water partition coefficient (Wildman–Crippen LogP) is 5.37. The van der Waals surface area contributed by atoms with Gasteiger partial charge in [0.25, 0.3) is 0 Å². The quantitative estimate of drug-likeness (QED) is 0.648. The van der Waals surface area contributed by atoms with Crippen LogP contribution in [0.3, 0.4) is 0 Å². The number of aromatic nitrogens is 1. The maximum absolute atomic E-state index is 4.45. The molecule has 0 spiro atoms. The third kappa shape index (κ3) is 2.72. The van der Waals surface area contributed by atoms with Crippen molar-refractivity contribution in [2.45, 2.75) is 6.54 Å². The minimum absolute atomic E-state index is 0.736. The molecule has 0 aliphatic rings. The molecule has 3 rings (SSSR count). The van der Waals surface area contributed by atoms with Crippen molar-refractivity contribution in [2.24, 2.45) is 0 Å². The molecule has 0 aliphatic heterocycles. The summed E-state index contributed by atoms with van der Waals surface area (Å²) in [5, 5.41) is 5.69. The number of benzene rings is 2. The van der Waals surface area contributed by atoms with Crippen molar-refractivity contribution >= 4 is 48.5 Å². The molecule has 100 valence electrons. The molecule has 2 nitrogen and oxygen atoms in total. The average Bonchev–Trinajstić information content (AvgIpc) is 2.47. The first-order valence-electron chi connectivity index (χ1n) is 6.26. The summed E-state index contributed by atoms with van der Waals surface area (Å²) in [5.41, 5.74) is 1.21. The second-order valence-corrected chi connectivity index (χ2v) is 6.15. The number of nitrogens with one attached hydrogen (secondary N) is 1. The Morgan fingerprint density at radius 2 is 1.65 bits per heavy atom. The van der Waals surface area contributed by atoms with Crippen LogP contribution in [0.15, 0.2) is 63.7 Å². The van der Waals surface area contributed by atoms with Crippen LogP contribution in [-0.4, -0.2) is 4.98 Å². The molecule has 0 saturated carbocycles. The monoisotopic (exact) mass is 390 g/mol. The fraction of sp³-hybridized carbons (Fsp3) is 0.0625. The van der Waals surface area contributed by atoms with Crippen LogP contribution in [0.5, 0.6) is 0 Å². The number of rotatable bonds is 3. The molecule has 0 fully saturated rings. The lowest BCUT2D eigenvalue weighted by Gasteiger charge is -2.10. The zero-order valence-corrected chi connectivity index (χ0v) is 13.8. The first-order valence-corrected chi connectivity index (χ1v) is 7.85. The first-order chi connectivity index (χ1) is 9.75. The first kappa shape index (κ1) is 13.6. The van der Waals surface area contributed by atoms with E-state index in [4.69, 9.17) is 0 Å². The summed E-state index contributed by atoms with van der Waals surface area (Å²) in [6, 6.07) is 16.4. The zero-order valence-electron chi connectivity index (χ0n) is 10.6. The molecule has 0 amide bonds. The Kier molecular flexibility index (Phi) is 4.03. The Bertz CT molecular complexity index is 756. The van der Waals surface area contributed by atoms with E-state index in [1.807, 2.05) is 42.6 Å². The third-order valence-electron chi connectivity index (χ3n) is 3.16. The SMILES string of the molecule is Brc1ccccc1CNc1nccc2c(Br)cccc12. The Balaban J connectivity index is 1.92.